The van der Waals surface area contributed by atoms with Crippen LogP contribution in [0.1, 0.15) is 16.8 Å². The molecule has 2 aliphatic rings. The monoisotopic (exact) mass is 485 g/mol. The molecule has 11 heteroatoms. The minimum atomic E-state index is -4.71. The molecule has 0 saturated carbocycles. The Bertz CT molecular complexity index is 1450. The Morgan fingerprint density at radius 3 is 2.53 bits per heavy atom. The molecule has 1 amide bonds. The van der Waals surface area contributed by atoms with Gasteiger partial charge in [-0.05, 0) is 48.5 Å². The summed E-state index contributed by atoms with van der Waals surface area (Å²) in [4.78, 5) is 16.4. The molecule has 34 heavy (non-hydrogen) atoms. The van der Waals surface area contributed by atoms with Gasteiger partial charge in [0, 0.05) is 28.7 Å². The number of hydrogen-bond acceptors (Lipinski definition) is 4. The van der Waals surface area contributed by atoms with E-state index < -0.39 is 23.0 Å². The van der Waals surface area contributed by atoms with E-state index in [1.54, 1.807) is 12.1 Å². The lowest BCUT2D eigenvalue weighted by molar-refractivity contribution is -0.114. The number of halogens is 4. The Hall–Kier alpha value is -3.73. The number of hydrogen-bond donors (Lipinski definition) is 1. The first-order valence-electron chi connectivity index (χ1n) is 10.0. The van der Waals surface area contributed by atoms with Gasteiger partial charge in [0.15, 0.2) is 5.84 Å². The van der Waals surface area contributed by atoms with Crippen LogP contribution in [0.25, 0.3) is 17.0 Å². The molecule has 0 spiro atoms. The summed E-state index contributed by atoms with van der Waals surface area (Å²) in [7, 11) is 0. The van der Waals surface area contributed by atoms with Crippen molar-refractivity contribution in [2.45, 2.75) is 19.6 Å². The predicted octanol–water partition coefficient (Wildman–Crippen LogP) is 5.32. The van der Waals surface area contributed by atoms with Crippen LogP contribution in [0.4, 0.5) is 17.6 Å². The van der Waals surface area contributed by atoms with E-state index in [4.69, 9.17) is 5.41 Å². The van der Waals surface area contributed by atoms with Crippen molar-refractivity contribution >= 4 is 50.7 Å². The zero-order valence-corrected chi connectivity index (χ0v) is 18.3. The molecule has 0 unspecified atom stereocenters. The van der Waals surface area contributed by atoms with Gasteiger partial charge in [-0.25, -0.2) is 4.39 Å². The number of alkyl halides is 3. The van der Waals surface area contributed by atoms with Crippen molar-refractivity contribution < 1.29 is 22.4 Å². The van der Waals surface area contributed by atoms with E-state index in [1.165, 1.54) is 18.2 Å². The molecule has 6 nitrogen and oxygen atoms in total. The zero-order valence-electron chi connectivity index (χ0n) is 17.5. The topological polar surface area (TPSA) is 73.8 Å². The lowest BCUT2D eigenvalue weighted by atomic mass is 10.1. The minimum Gasteiger partial charge on any atom is -0.340 e. The number of thioether (sulfide) groups is 1. The number of amidine groups is 2. The van der Waals surface area contributed by atoms with E-state index in [1.807, 2.05) is 35.8 Å². The summed E-state index contributed by atoms with van der Waals surface area (Å²) in [5.74, 6) is -1.62. The highest BCUT2D eigenvalue weighted by Gasteiger charge is 2.46. The number of aliphatic imine (C=N–C) groups is 1. The summed E-state index contributed by atoms with van der Waals surface area (Å²) in [5, 5.41) is 11.8. The van der Waals surface area contributed by atoms with Gasteiger partial charge in [-0.3, -0.25) is 10.2 Å². The van der Waals surface area contributed by atoms with E-state index in [0.717, 1.165) is 27.2 Å². The quantitative estimate of drug-likeness (QED) is 0.403. The number of hydrazone groups is 1. The number of fused-ring (bicyclic) bond motifs is 2. The molecular weight excluding hydrogens is 470 g/mol. The van der Waals surface area contributed by atoms with E-state index in [9.17, 15) is 22.4 Å². The number of amides is 1. The van der Waals surface area contributed by atoms with E-state index >= 15 is 0 Å². The second kappa shape index (κ2) is 7.94. The van der Waals surface area contributed by atoms with Gasteiger partial charge in [-0.15, -0.1) is 0 Å². The normalized spacial score (nSPS) is 17.4. The molecule has 172 valence electrons. The van der Waals surface area contributed by atoms with Crippen LogP contribution in [0.2, 0.25) is 0 Å². The van der Waals surface area contributed by atoms with Crippen molar-refractivity contribution in [1.82, 2.24) is 9.58 Å². The lowest BCUT2D eigenvalue weighted by Gasteiger charge is -2.20. The van der Waals surface area contributed by atoms with Crippen molar-refractivity contribution in [3.05, 3.63) is 76.7 Å². The maximum atomic E-state index is 13.3. The molecule has 0 saturated heterocycles. The van der Waals surface area contributed by atoms with Gasteiger partial charge in [-0.2, -0.15) is 28.3 Å². The highest BCUT2D eigenvalue weighted by atomic mass is 32.2. The first-order chi connectivity index (χ1) is 16.1. The zero-order chi connectivity index (χ0) is 24.2. The molecule has 3 heterocycles. The summed E-state index contributed by atoms with van der Waals surface area (Å²) in [6, 6.07) is 13.6. The smallest absolute Gasteiger partial charge is 0.340 e. The van der Waals surface area contributed by atoms with Crippen LogP contribution in [-0.2, 0) is 11.3 Å². The van der Waals surface area contributed by atoms with Crippen LogP contribution in [0.15, 0.2) is 64.2 Å². The Kier molecular flexibility index (Phi) is 5.16. The molecule has 2 aromatic carbocycles. The molecule has 5 rings (SSSR count). The number of carbonyl (C=O) groups excluding carboxylic acids is 1. The second-order valence-corrected chi connectivity index (χ2v) is 8.61. The standard InChI is InChI=1S/C23H15F4N5OS/c1-12-16(10-17-19(28)32-22(29-20(17)33)34-21(30-32)23(25,26)27)15-4-2-3-5-18(15)31(12)11-13-6-8-14(24)9-7-13/h2-10,28H,11H2,1H3/b17-10+,28-19?. The van der Waals surface area contributed by atoms with Crippen LogP contribution < -0.4 is 0 Å². The van der Waals surface area contributed by atoms with Gasteiger partial charge in [0.2, 0.25) is 10.2 Å². The van der Waals surface area contributed by atoms with E-state index in [2.05, 4.69) is 10.1 Å². The first-order valence-corrected chi connectivity index (χ1v) is 10.8. The Balaban J connectivity index is 1.59. The number of para-hydroxylation sites is 1. The largest absolute Gasteiger partial charge is 0.441 e. The molecule has 0 aliphatic carbocycles. The fourth-order valence-corrected chi connectivity index (χ4v) is 4.63. The van der Waals surface area contributed by atoms with E-state index in [-0.39, 0.29) is 28.3 Å². The van der Waals surface area contributed by atoms with Crippen molar-refractivity contribution in [3.63, 3.8) is 0 Å². The second-order valence-electron chi connectivity index (χ2n) is 7.65. The summed E-state index contributed by atoms with van der Waals surface area (Å²) in [5.41, 5.74) is 2.96. The first kappa shape index (κ1) is 22.1. The number of nitrogens with zero attached hydrogens (tertiary/aromatic N) is 4. The third-order valence-corrected chi connectivity index (χ3v) is 6.47. The summed E-state index contributed by atoms with van der Waals surface area (Å²) < 4.78 is 54.5. The molecular formula is C23H15F4N5OS. The number of rotatable bonds is 3. The molecule has 0 radical (unpaired) electrons. The number of nitrogens with one attached hydrogen (secondary N) is 1. The summed E-state index contributed by atoms with van der Waals surface area (Å²) in [6.07, 6.45) is -3.24. The predicted molar refractivity (Wildman–Crippen MR) is 123 cm³/mol. The molecule has 0 fully saturated rings. The molecule has 0 atom stereocenters. The average molecular weight is 485 g/mol. The third-order valence-electron chi connectivity index (χ3n) is 5.52. The highest BCUT2D eigenvalue weighted by Crippen LogP contribution is 2.36. The number of carbonyl (C=O) groups is 1. The summed E-state index contributed by atoms with van der Waals surface area (Å²) >= 11 is 0.211. The Morgan fingerprint density at radius 1 is 1.12 bits per heavy atom. The fraction of sp³-hybridized carbons (Fsp3) is 0.130. The van der Waals surface area contributed by atoms with Gasteiger partial charge in [-0.1, -0.05) is 30.3 Å². The van der Waals surface area contributed by atoms with Crippen LogP contribution in [0, 0.1) is 18.2 Å². The lowest BCUT2D eigenvalue weighted by Crippen LogP contribution is -2.35. The van der Waals surface area contributed by atoms with Crippen LogP contribution in [0.5, 0.6) is 0 Å². The van der Waals surface area contributed by atoms with Gasteiger partial charge >= 0.3 is 6.18 Å². The molecule has 0 bridgehead atoms. The molecule has 1 aromatic heterocycles. The summed E-state index contributed by atoms with van der Waals surface area (Å²) in [6.45, 7) is 2.28. The Labute approximate surface area is 194 Å². The molecule has 2 aliphatic heterocycles. The highest BCUT2D eigenvalue weighted by molar-refractivity contribution is 8.27. The minimum absolute atomic E-state index is 0.163. The molecule has 3 aromatic rings. The Morgan fingerprint density at radius 2 is 1.82 bits per heavy atom. The maximum absolute atomic E-state index is 13.3. The van der Waals surface area contributed by atoms with E-state index in [0.29, 0.717) is 12.1 Å². The van der Waals surface area contributed by atoms with Crippen LogP contribution in [0.3, 0.4) is 0 Å². The van der Waals surface area contributed by atoms with Gasteiger partial charge in [0.25, 0.3) is 5.91 Å². The van der Waals surface area contributed by atoms with Crippen LogP contribution in [-0.4, -0.2) is 37.7 Å². The van der Waals surface area contributed by atoms with Gasteiger partial charge in [0.1, 0.15) is 5.82 Å². The van der Waals surface area contributed by atoms with Crippen molar-refractivity contribution in [2.75, 3.05) is 0 Å². The fourth-order valence-electron chi connectivity index (χ4n) is 3.87. The maximum Gasteiger partial charge on any atom is 0.441 e. The number of benzene rings is 2. The average Bonchev–Trinajstić information content (AvgIpc) is 3.33. The van der Waals surface area contributed by atoms with Gasteiger partial charge in [0.05, 0.1) is 5.57 Å². The van der Waals surface area contributed by atoms with Crippen LogP contribution >= 0.6 is 11.8 Å². The van der Waals surface area contributed by atoms with Gasteiger partial charge < -0.3 is 4.57 Å². The van der Waals surface area contributed by atoms with Crippen molar-refractivity contribution in [3.8, 4) is 0 Å². The SMILES string of the molecule is Cc1c(/C=C2\C(=N)N3N=C(C(F)(F)F)SC3=NC2=O)c2ccccc2n1Cc1ccc(F)cc1. The van der Waals surface area contributed by atoms with Crippen molar-refractivity contribution in [2.24, 2.45) is 10.1 Å². The number of aromatic nitrogens is 1. The third kappa shape index (κ3) is 3.71. The van der Waals surface area contributed by atoms with Crippen molar-refractivity contribution in [1.29, 1.82) is 5.41 Å². The molecule has 1 N–H and O–H groups in total.